The summed E-state index contributed by atoms with van der Waals surface area (Å²) in [6.07, 6.45) is 3.95. The standard InChI is InChI=1S/C25H30N4O5S/c1-2-3-4-7-14-29-25(31)22-9-6-5-8-21(22)23(27-29)24(30)26-19-10-12-20(13-11-19)35(32,33)28-15-17-34-18-16-28/h5-6,8-13H,2-4,7,14-18H2,1H3,(H,26,30). The number of morpholine rings is 1. The number of aromatic nitrogens is 2. The number of hydrogen-bond donors (Lipinski definition) is 1. The minimum Gasteiger partial charge on any atom is -0.379 e. The summed E-state index contributed by atoms with van der Waals surface area (Å²) in [5, 5.41) is 8.09. The topological polar surface area (TPSA) is 111 Å². The summed E-state index contributed by atoms with van der Waals surface area (Å²) in [7, 11) is -3.62. The van der Waals surface area contributed by atoms with Crippen molar-refractivity contribution in [1.29, 1.82) is 0 Å². The van der Waals surface area contributed by atoms with Crippen molar-refractivity contribution in [1.82, 2.24) is 14.1 Å². The largest absolute Gasteiger partial charge is 0.379 e. The van der Waals surface area contributed by atoms with Crippen LogP contribution in [0.4, 0.5) is 5.69 Å². The molecule has 1 aromatic heterocycles. The number of sulfonamides is 1. The van der Waals surface area contributed by atoms with E-state index in [1.165, 1.54) is 21.1 Å². The predicted octanol–water partition coefficient (Wildman–Crippen LogP) is 3.25. The van der Waals surface area contributed by atoms with Gasteiger partial charge in [-0.3, -0.25) is 9.59 Å². The molecule has 2 aromatic carbocycles. The minimum absolute atomic E-state index is 0.153. The zero-order valence-electron chi connectivity index (χ0n) is 19.8. The van der Waals surface area contributed by atoms with Crippen LogP contribution >= 0.6 is 0 Å². The molecule has 35 heavy (non-hydrogen) atoms. The van der Waals surface area contributed by atoms with Gasteiger partial charge in [0.2, 0.25) is 10.0 Å². The van der Waals surface area contributed by atoms with Crippen molar-refractivity contribution in [2.45, 2.75) is 44.0 Å². The number of anilines is 1. The maximum Gasteiger partial charge on any atom is 0.276 e. The smallest absolute Gasteiger partial charge is 0.276 e. The Labute approximate surface area is 204 Å². The summed E-state index contributed by atoms with van der Waals surface area (Å²) in [5.74, 6) is -0.465. The van der Waals surface area contributed by atoms with Crippen LogP contribution < -0.4 is 10.9 Å². The van der Waals surface area contributed by atoms with Gasteiger partial charge >= 0.3 is 0 Å². The average Bonchev–Trinajstić information content (AvgIpc) is 2.88. The molecule has 10 heteroatoms. The molecule has 9 nitrogen and oxygen atoms in total. The number of benzene rings is 2. The molecule has 0 bridgehead atoms. The van der Waals surface area contributed by atoms with Crippen molar-refractivity contribution in [2.75, 3.05) is 31.6 Å². The molecule has 186 valence electrons. The number of carbonyl (C=O) groups excluding carboxylic acids is 1. The highest BCUT2D eigenvalue weighted by Crippen LogP contribution is 2.21. The lowest BCUT2D eigenvalue weighted by Crippen LogP contribution is -2.40. The van der Waals surface area contributed by atoms with Gasteiger partial charge in [0.1, 0.15) is 0 Å². The predicted molar refractivity (Wildman–Crippen MR) is 134 cm³/mol. The van der Waals surface area contributed by atoms with Crippen LogP contribution in [-0.2, 0) is 21.3 Å². The molecule has 1 fully saturated rings. The highest BCUT2D eigenvalue weighted by atomic mass is 32.2. The third-order valence-corrected chi connectivity index (χ3v) is 7.94. The fourth-order valence-electron chi connectivity index (χ4n) is 4.08. The molecular weight excluding hydrogens is 468 g/mol. The van der Waals surface area contributed by atoms with E-state index in [-0.39, 0.29) is 16.1 Å². The number of carbonyl (C=O) groups is 1. The maximum absolute atomic E-state index is 13.2. The van der Waals surface area contributed by atoms with Gasteiger partial charge in [0.15, 0.2) is 5.69 Å². The Morgan fingerprint density at radius 2 is 1.69 bits per heavy atom. The second-order valence-corrected chi connectivity index (χ2v) is 10.4. The van der Waals surface area contributed by atoms with Gasteiger partial charge in [-0.25, -0.2) is 13.1 Å². The molecule has 0 saturated carbocycles. The monoisotopic (exact) mass is 498 g/mol. The minimum atomic E-state index is -3.62. The number of hydrogen-bond acceptors (Lipinski definition) is 6. The van der Waals surface area contributed by atoms with Gasteiger partial charge < -0.3 is 10.1 Å². The quantitative estimate of drug-likeness (QED) is 0.454. The first-order valence-corrected chi connectivity index (χ1v) is 13.3. The van der Waals surface area contributed by atoms with Gasteiger partial charge in [0, 0.05) is 30.7 Å². The molecule has 1 aliphatic rings. The number of aryl methyl sites for hydroxylation is 1. The van der Waals surface area contributed by atoms with E-state index in [1.807, 2.05) is 0 Å². The summed E-state index contributed by atoms with van der Waals surface area (Å²) in [6.45, 7) is 3.93. The number of nitrogens with zero attached hydrogens (tertiary/aromatic N) is 3. The van der Waals surface area contributed by atoms with Crippen LogP contribution in [-0.4, -0.2) is 54.7 Å². The SMILES string of the molecule is CCCCCCn1nc(C(=O)Nc2ccc(S(=O)(=O)N3CCOCC3)cc2)c2ccccc2c1=O. The first-order valence-electron chi connectivity index (χ1n) is 11.9. The number of unbranched alkanes of at least 4 members (excludes halogenated alkanes) is 3. The summed E-state index contributed by atoms with van der Waals surface area (Å²) in [6, 6.07) is 13.0. The van der Waals surface area contributed by atoms with Crippen LogP contribution in [0, 0.1) is 0 Å². The highest BCUT2D eigenvalue weighted by molar-refractivity contribution is 7.89. The van der Waals surface area contributed by atoms with E-state index in [4.69, 9.17) is 4.74 Å². The molecule has 2 heterocycles. The summed E-state index contributed by atoms with van der Waals surface area (Å²) in [4.78, 5) is 26.2. The summed E-state index contributed by atoms with van der Waals surface area (Å²) < 4.78 is 33.6. The zero-order chi connectivity index (χ0) is 24.8. The number of fused-ring (bicyclic) bond motifs is 1. The van der Waals surface area contributed by atoms with Crippen LogP contribution in [0.2, 0.25) is 0 Å². The van der Waals surface area contributed by atoms with Crippen molar-refractivity contribution in [3.05, 3.63) is 64.6 Å². The Morgan fingerprint density at radius 1 is 1.00 bits per heavy atom. The molecule has 0 radical (unpaired) electrons. The van der Waals surface area contributed by atoms with Crippen molar-refractivity contribution in [2.24, 2.45) is 0 Å². The normalized spacial score (nSPS) is 14.8. The molecule has 0 unspecified atom stereocenters. The molecule has 0 atom stereocenters. The Bertz CT molecular complexity index is 1350. The lowest BCUT2D eigenvalue weighted by molar-refractivity contribution is 0.0730. The zero-order valence-corrected chi connectivity index (χ0v) is 20.6. The van der Waals surface area contributed by atoms with Crippen LogP contribution in [0.25, 0.3) is 10.8 Å². The van der Waals surface area contributed by atoms with Gasteiger partial charge in [-0.2, -0.15) is 9.40 Å². The Kier molecular flexibility index (Phi) is 7.94. The number of rotatable bonds is 9. The van der Waals surface area contributed by atoms with Crippen LogP contribution in [0.1, 0.15) is 43.1 Å². The fraction of sp³-hybridized carbons (Fsp3) is 0.400. The first-order chi connectivity index (χ1) is 16.9. The molecule has 1 saturated heterocycles. The number of nitrogens with one attached hydrogen (secondary N) is 1. The van der Waals surface area contributed by atoms with E-state index < -0.39 is 15.9 Å². The van der Waals surface area contributed by atoms with Crippen LogP contribution in [0.15, 0.2) is 58.2 Å². The lowest BCUT2D eigenvalue weighted by atomic mass is 10.1. The average molecular weight is 499 g/mol. The molecule has 1 aliphatic heterocycles. The van der Waals surface area contributed by atoms with E-state index in [0.29, 0.717) is 49.3 Å². The van der Waals surface area contributed by atoms with Crippen LogP contribution in [0.5, 0.6) is 0 Å². The molecule has 1 N–H and O–H groups in total. The number of amides is 1. The molecule has 0 spiro atoms. The second-order valence-electron chi connectivity index (χ2n) is 8.48. The van der Waals surface area contributed by atoms with Gasteiger partial charge in [-0.15, -0.1) is 0 Å². The second kappa shape index (κ2) is 11.1. The molecule has 4 rings (SSSR count). The molecular formula is C25H30N4O5S. The van der Waals surface area contributed by atoms with Gasteiger partial charge in [0.25, 0.3) is 11.5 Å². The lowest BCUT2D eigenvalue weighted by Gasteiger charge is -2.26. The van der Waals surface area contributed by atoms with Gasteiger partial charge in [0.05, 0.1) is 23.5 Å². The number of ether oxygens (including phenoxy) is 1. The molecule has 1 amide bonds. The van der Waals surface area contributed by atoms with Crippen molar-refractivity contribution >= 4 is 32.4 Å². The Hall–Kier alpha value is -3.08. The van der Waals surface area contributed by atoms with E-state index >= 15 is 0 Å². The first kappa shape index (κ1) is 25.0. The van der Waals surface area contributed by atoms with Crippen molar-refractivity contribution in [3.8, 4) is 0 Å². The third-order valence-electron chi connectivity index (χ3n) is 6.03. The van der Waals surface area contributed by atoms with E-state index in [2.05, 4.69) is 17.3 Å². The van der Waals surface area contributed by atoms with E-state index in [1.54, 1.807) is 36.4 Å². The fourth-order valence-corrected chi connectivity index (χ4v) is 5.49. The van der Waals surface area contributed by atoms with Gasteiger partial charge in [-0.1, -0.05) is 44.4 Å². The Balaban J connectivity index is 1.56. The van der Waals surface area contributed by atoms with E-state index in [0.717, 1.165) is 25.7 Å². The van der Waals surface area contributed by atoms with Gasteiger partial charge in [-0.05, 0) is 36.8 Å². The van der Waals surface area contributed by atoms with Crippen LogP contribution in [0.3, 0.4) is 0 Å². The van der Waals surface area contributed by atoms with Crippen molar-refractivity contribution in [3.63, 3.8) is 0 Å². The summed E-state index contributed by atoms with van der Waals surface area (Å²) >= 11 is 0. The van der Waals surface area contributed by atoms with E-state index in [9.17, 15) is 18.0 Å². The summed E-state index contributed by atoms with van der Waals surface area (Å²) in [5.41, 5.74) is 0.370. The molecule has 0 aliphatic carbocycles. The molecule has 3 aromatic rings. The highest BCUT2D eigenvalue weighted by Gasteiger charge is 2.26. The Morgan fingerprint density at radius 3 is 2.37 bits per heavy atom. The third kappa shape index (κ3) is 5.61. The van der Waals surface area contributed by atoms with Crippen molar-refractivity contribution < 1.29 is 17.9 Å². The maximum atomic E-state index is 13.2.